The molecule has 0 radical (unpaired) electrons. The molecule has 5 nitrogen and oxygen atoms in total. The third-order valence-electron chi connectivity index (χ3n) is 5.47. The number of imidazole rings is 1. The van der Waals surface area contributed by atoms with E-state index in [0.717, 1.165) is 68.6 Å². The number of benzene rings is 2. The summed E-state index contributed by atoms with van der Waals surface area (Å²) in [6.07, 6.45) is 3.03. The molecule has 0 aliphatic carbocycles. The van der Waals surface area contributed by atoms with Crippen LogP contribution >= 0.6 is 17.0 Å². The van der Waals surface area contributed by atoms with E-state index in [1.165, 1.54) is 11.3 Å². The molecule has 0 saturated carbocycles. The van der Waals surface area contributed by atoms with Crippen LogP contribution in [-0.4, -0.2) is 47.7 Å². The largest absolute Gasteiger partial charge is 0.493 e. The molecule has 5 rings (SSSR count). The maximum atomic E-state index is 5.59. The van der Waals surface area contributed by atoms with Crippen LogP contribution in [0.5, 0.6) is 5.75 Å². The molecular formula is C22H25BrN4O. The van der Waals surface area contributed by atoms with Gasteiger partial charge >= 0.3 is 0 Å². The Hall–Kier alpha value is -2.31. The molecule has 2 aromatic carbocycles. The van der Waals surface area contributed by atoms with Crippen LogP contribution in [-0.2, 0) is 13.0 Å². The number of halogens is 1. The standard InChI is InChI=1S/C22H24N4O.BrH/c1-2-4-20(5-3-1)26-11-9-25(10-12-26)16-19-15-23-22(24-19)18-6-7-21-17(14-18)8-13-27-21;/h1-7,14-15H,8-13,16H2,(H,23,24);1H. The van der Waals surface area contributed by atoms with Crippen molar-refractivity contribution in [3.05, 3.63) is 66.0 Å². The van der Waals surface area contributed by atoms with E-state index >= 15 is 0 Å². The number of aromatic nitrogens is 2. The fraction of sp³-hybridized carbons (Fsp3) is 0.318. The summed E-state index contributed by atoms with van der Waals surface area (Å²) >= 11 is 0. The lowest BCUT2D eigenvalue weighted by Gasteiger charge is -2.35. The van der Waals surface area contributed by atoms with Gasteiger partial charge in [0.2, 0.25) is 0 Å². The molecule has 6 heteroatoms. The molecule has 1 saturated heterocycles. The third-order valence-corrected chi connectivity index (χ3v) is 5.47. The Kier molecular flexibility index (Phi) is 5.69. The fourth-order valence-electron chi connectivity index (χ4n) is 3.95. The van der Waals surface area contributed by atoms with Crippen LogP contribution in [0.25, 0.3) is 11.4 Å². The van der Waals surface area contributed by atoms with Crippen LogP contribution in [0, 0.1) is 0 Å². The first-order chi connectivity index (χ1) is 13.3. The zero-order valence-electron chi connectivity index (χ0n) is 15.8. The first-order valence-electron chi connectivity index (χ1n) is 9.68. The van der Waals surface area contributed by atoms with Crippen LogP contribution < -0.4 is 9.64 Å². The maximum Gasteiger partial charge on any atom is 0.137 e. The summed E-state index contributed by atoms with van der Waals surface area (Å²) in [5.74, 6) is 1.96. The van der Waals surface area contributed by atoms with Crippen LogP contribution in [0.15, 0.2) is 54.7 Å². The number of aromatic amines is 1. The normalized spacial score (nSPS) is 16.4. The molecule has 2 aliphatic rings. The minimum Gasteiger partial charge on any atom is -0.493 e. The lowest BCUT2D eigenvalue weighted by atomic mass is 10.1. The second-order valence-electron chi connectivity index (χ2n) is 7.26. The smallest absolute Gasteiger partial charge is 0.137 e. The van der Waals surface area contributed by atoms with E-state index in [2.05, 4.69) is 63.3 Å². The van der Waals surface area contributed by atoms with Gasteiger partial charge in [-0.2, -0.15) is 0 Å². The van der Waals surface area contributed by atoms with Crippen LogP contribution in [0.2, 0.25) is 0 Å². The molecule has 28 heavy (non-hydrogen) atoms. The Balaban J connectivity index is 0.00000192. The van der Waals surface area contributed by atoms with Gasteiger partial charge in [0.25, 0.3) is 0 Å². The molecule has 3 aromatic rings. The van der Waals surface area contributed by atoms with E-state index in [1.807, 2.05) is 6.20 Å². The van der Waals surface area contributed by atoms with E-state index in [0.29, 0.717) is 0 Å². The van der Waals surface area contributed by atoms with Crippen molar-refractivity contribution in [2.45, 2.75) is 13.0 Å². The summed E-state index contributed by atoms with van der Waals surface area (Å²) in [5.41, 5.74) is 4.84. The van der Waals surface area contributed by atoms with Crippen molar-refractivity contribution in [1.29, 1.82) is 0 Å². The minimum absolute atomic E-state index is 0. The van der Waals surface area contributed by atoms with Gasteiger partial charge in [0, 0.05) is 56.6 Å². The van der Waals surface area contributed by atoms with Gasteiger partial charge < -0.3 is 14.6 Å². The van der Waals surface area contributed by atoms with E-state index in [1.54, 1.807) is 0 Å². The van der Waals surface area contributed by atoms with Gasteiger partial charge in [0.15, 0.2) is 0 Å². The Labute approximate surface area is 176 Å². The Morgan fingerprint density at radius 2 is 1.82 bits per heavy atom. The van der Waals surface area contributed by atoms with E-state index in [4.69, 9.17) is 9.72 Å². The number of nitrogens with zero attached hydrogens (tertiary/aromatic N) is 3. The molecule has 1 N–H and O–H groups in total. The zero-order chi connectivity index (χ0) is 18.1. The number of piperazine rings is 1. The molecule has 1 aromatic heterocycles. The van der Waals surface area contributed by atoms with Crippen molar-refractivity contribution in [3.8, 4) is 17.1 Å². The summed E-state index contributed by atoms with van der Waals surface area (Å²) in [6.45, 7) is 5.93. The van der Waals surface area contributed by atoms with Crippen molar-refractivity contribution < 1.29 is 4.74 Å². The van der Waals surface area contributed by atoms with Gasteiger partial charge in [0.1, 0.15) is 11.6 Å². The average Bonchev–Trinajstić information content (AvgIpc) is 3.38. The van der Waals surface area contributed by atoms with Crippen LogP contribution in [0.1, 0.15) is 11.3 Å². The molecule has 146 valence electrons. The zero-order valence-corrected chi connectivity index (χ0v) is 17.5. The number of rotatable bonds is 4. The number of para-hydroxylation sites is 1. The summed E-state index contributed by atoms with van der Waals surface area (Å²) in [4.78, 5) is 13.1. The second kappa shape index (κ2) is 8.37. The summed E-state index contributed by atoms with van der Waals surface area (Å²) in [5, 5.41) is 0. The number of H-pyrrole nitrogens is 1. The van der Waals surface area contributed by atoms with Gasteiger partial charge in [-0.25, -0.2) is 4.98 Å². The SMILES string of the molecule is Br.c1ccc(N2CCN(Cc3c[nH]c(-c4ccc5c(c4)CCO5)n3)CC2)cc1. The highest BCUT2D eigenvalue weighted by Gasteiger charge is 2.19. The minimum atomic E-state index is 0. The fourth-order valence-corrected chi connectivity index (χ4v) is 3.95. The Morgan fingerprint density at radius 1 is 1.00 bits per heavy atom. The summed E-state index contributed by atoms with van der Waals surface area (Å²) in [6, 6.07) is 17.0. The molecule has 0 atom stereocenters. The highest BCUT2D eigenvalue weighted by Crippen LogP contribution is 2.29. The lowest BCUT2D eigenvalue weighted by molar-refractivity contribution is 0.247. The molecule has 0 bridgehead atoms. The monoisotopic (exact) mass is 440 g/mol. The molecule has 3 heterocycles. The van der Waals surface area contributed by atoms with Gasteiger partial charge in [0.05, 0.1) is 12.3 Å². The van der Waals surface area contributed by atoms with E-state index < -0.39 is 0 Å². The van der Waals surface area contributed by atoms with Gasteiger partial charge in [-0.05, 0) is 35.9 Å². The van der Waals surface area contributed by atoms with Crippen molar-refractivity contribution >= 4 is 22.7 Å². The van der Waals surface area contributed by atoms with Crippen molar-refractivity contribution in [1.82, 2.24) is 14.9 Å². The number of hydrogen-bond donors (Lipinski definition) is 1. The highest BCUT2D eigenvalue weighted by molar-refractivity contribution is 8.93. The predicted octanol–water partition coefficient (Wildman–Crippen LogP) is 3.91. The molecule has 1 fully saturated rings. The molecular weight excluding hydrogens is 416 g/mol. The molecule has 2 aliphatic heterocycles. The van der Waals surface area contributed by atoms with Crippen LogP contribution in [0.4, 0.5) is 5.69 Å². The quantitative estimate of drug-likeness (QED) is 0.667. The average molecular weight is 441 g/mol. The molecule has 0 spiro atoms. The second-order valence-corrected chi connectivity index (χ2v) is 7.26. The van der Waals surface area contributed by atoms with Crippen molar-refractivity contribution in [2.24, 2.45) is 0 Å². The third kappa shape index (κ3) is 3.93. The van der Waals surface area contributed by atoms with Gasteiger partial charge in [-0.1, -0.05) is 18.2 Å². The lowest BCUT2D eigenvalue weighted by Crippen LogP contribution is -2.46. The topological polar surface area (TPSA) is 44.4 Å². The number of fused-ring (bicyclic) bond motifs is 1. The van der Waals surface area contributed by atoms with Crippen molar-refractivity contribution in [2.75, 3.05) is 37.7 Å². The van der Waals surface area contributed by atoms with E-state index in [-0.39, 0.29) is 17.0 Å². The van der Waals surface area contributed by atoms with Gasteiger partial charge in [-0.3, -0.25) is 4.90 Å². The summed E-state index contributed by atoms with van der Waals surface area (Å²) in [7, 11) is 0. The number of nitrogens with one attached hydrogen (secondary N) is 1. The first-order valence-corrected chi connectivity index (χ1v) is 9.68. The number of hydrogen-bond acceptors (Lipinski definition) is 4. The molecule has 0 unspecified atom stereocenters. The first kappa shape index (κ1) is 19.0. The van der Waals surface area contributed by atoms with Crippen molar-refractivity contribution in [3.63, 3.8) is 0 Å². The molecule has 0 amide bonds. The highest BCUT2D eigenvalue weighted by atomic mass is 79.9. The Morgan fingerprint density at radius 3 is 2.64 bits per heavy atom. The Bertz CT molecular complexity index is 919. The van der Waals surface area contributed by atoms with Gasteiger partial charge in [-0.15, -0.1) is 17.0 Å². The number of ether oxygens (including phenoxy) is 1. The van der Waals surface area contributed by atoms with Crippen LogP contribution in [0.3, 0.4) is 0 Å². The number of anilines is 1. The van der Waals surface area contributed by atoms with E-state index in [9.17, 15) is 0 Å². The predicted molar refractivity (Wildman–Crippen MR) is 117 cm³/mol. The summed E-state index contributed by atoms with van der Waals surface area (Å²) < 4.78 is 5.59. The maximum absolute atomic E-state index is 5.59.